The van der Waals surface area contributed by atoms with Crippen LogP contribution >= 0.6 is 12.4 Å². The smallest absolute Gasteiger partial charge is 0.274 e. The number of carbonyl (C=O) groups excluding carboxylic acids is 2. The van der Waals surface area contributed by atoms with Crippen LogP contribution in [0.1, 0.15) is 39.3 Å². The lowest BCUT2D eigenvalue weighted by Gasteiger charge is -2.53. The Morgan fingerprint density at radius 2 is 2.00 bits per heavy atom. The number of nitrogens with zero attached hydrogens (tertiary/aromatic N) is 2. The average molecular weight is 470 g/mol. The van der Waals surface area contributed by atoms with E-state index in [0.29, 0.717) is 25.5 Å². The lowest BCUT2D eigenvalue weighted by Crippen LogP contribution is -2.61. The Hall–Kier alpha value is -2.98. The van der Waals surface area contributed by atoms with Crippen molar-refractivity contribution in [1.29, 1.82) is 0 Å². The fraction of sp³-hybridized carbons (Fsp3) is 0.381. The van der Waals surface area contributed by atoms with Gasteiger partial charge in [-0.05, 0) is 18.9 Å². The van der Waals surface area contributed by atoms with Crippen molar-refractivity contribution in [2.24, 2.45) is 0 Å². The zero-order valence-corrected chi connectivity index (χ0v) is 18.2. The summed E-state index contributed by atoms with van der Waals surface area (Å²) in [4.78, 5) is 39.4. The minimum atomic E-state index is -0.996. The average Bonchev–Trinajstić information content (AvgIpc) is 2.70. The third-order valence-electron chi connectivity index (χ3n) is 6.02. The molecule has 172 valence electrons. The van der Waals surface area contributed by atoms with Crippen LogP contribution in [0.4, 0.5) is 8.78 Å². The minimum Gasteiger partial charge on any atom is -0.503 e. The number of hydrogen-bond donors (Lipinski definition) is 2. The second-order valence-electron chi connectivity index (χ2n) is 8.01. The summed E-state index contributed by atoms with van der Waals surface area (Å²) < 4.78 is 33.7. The van der Waals surface area contributed by atoms with Gasteiger partial charge in [0.15, 0.2) is 11.4 Å². The summed E-state index contributed by atoms with van der Waals surface area (Å²) in [6.07, 6.45) is 2.30. The van der Waals surface area contributed by atoms with Crippen molar-refractivity contribution in [3.05, 3.63) is 63.1 Å². The molecule has 1 aromatic carbocycles. The summed E-state index contributed by atoms with van der Waals surface area (Å²) in [6, 6.07) is 2.93. The van der Waals surface area contributed by atoms with Crippen molar-refractivity contribution >= 4 is 24.2 Å². The lowest BCUT2D eigenvalue weighted by molar-refractivity contribution is -0.0673. The van der Waals surface area contributed by atoms with Gasteiger partial charge in [-0.1, -0.05) is 6.07 Å². The monoisotopic (exact) mass is 469 g/mol. The predicted octanol–water partition coefficient (Wildman–Crippen LogP) is 1.77. The van der Waals surface area contributed by atoms with Crippen molar-refractivity contribution < 1.29 is 28.2 Å². The van der Waals surface area contributed by atoms with Gasteiger partial charge >= 0.3 is 0 Å². The number of benzene rings is 1. The molecule has 1 aromatic heterocycles. The molecule has 2 amide bonds. The van der Waals surface area contributed by atoms with Gasteiger partial charge in [-0.3, -0.25) is 14.4 Å². The maximum atomic E-state index is 13.8. The molecule has 2 aliphatic rings. The Morgan fingerprint density at radius 1 is 1.31 bits per heavy atom. The van der Waals surface area contributed by atoms with E-state index in [1.807, 2.05) is 0 Å². The molecule has 0 bridgehead atoms. The van der Waals surface area contributed by atoms with Gasteiger partial charge in [0.05, 0.1) is 11.6 Å². The SMILES string of the molecule is CO[C@H]1C[C@@]2(CN(C)C(=O)c3c(O)c(=O)c(C(=O)NCc4ccc(F)cc4F)cn32)C1.Cl. The van der Waals surface area contributed by atoms with Crippen LogP contribution in [0, 0.1) is 11.6 Å². The fourth-order valence-electron chi connectivity index (χ4n) is 4.33. The van der Waals surface area contributed by atoms with Gasteiger partial charge in [-0.15, -0.1) is 12.4 Å². The molecule has 1 spiro atoms. The molecule has 4 rings (SSSR count). The zero-order valence-electron chi connectivity index (χ0n) is 17.4. The van der Waals surface area contributed by atoms with Gasteiger partial charge in [0.2, 0.25) is 5.43 Å². The van der Waals surface area contributed by atoms with Gasteiger partial charge in [-0.2, -0.15) is 0 Å². The van der Waals surface area contributed by atoms with Gasteiger partial charge in [0.1, 0.15) is 17.2 Å². The van der Waals surface area contributed by atoms with Crippen molar-refractivity contribution in [2.45, 2.75) is 31.0 Å². The molecule has 2 N–H and O–H groups in total. The maximum absolute atomic E-state index is 13.8. The minimum absolute atomic E-state index is 0. The van der Waals surface area contributed by atoms with Crippen molar-refractivity contribution in [3.63, 3.8) is 0 Å². The van der Waals surface area contributed by atoms with Gasteiger partial charge in [-0.25, -0.2) is 8.78 Å². The largest absolute Gasteiger partial charge is 0.503 e. The van der Waals surface area contributed by atoms with Crippen LogP contribution in [0.3, 0.4) is 0 Å². The third kappa shape index (κ3) is 3.73. The summed E-state index contributed by atoms with van der Waals surface area (Å²) >= 11 is 0. The standard InChI is InChI=1S/C21H21F2N3O5.ClH/c1-25-10-21(6-13(7-21)31-2)26-9-14(17(27)18(28)16(26)20(25)30)19(29)24-8-11-3-4-12(22)5-15(11)23;/h3-5,9,13,28H,6-8,10H2,1-2H3,(H,24,29);1H/t13-,21-;. The first-order chi connectivity index (χ1) is 14.7. The first kappa shape index (κ1) is 23.7. The second-order valence-corrected chi connectivity index (χ2v) is 8.01. The highest BCUT2D eigenvalue weighted by molar-refractivity contribution is 5.99. The van der Waals surface area contributed by atoms with Crippen LogP contribution in [0.5, 0.6) is 5.75 Å². The van der Waals surface area contributed by atoms with E-state index < -0.39 is 40.2 Å². The van der Waals surface area contributed by atoms with Crippen molar-refractivity contribution in [1.82, 2.24) is 14.8 Å². The molecule has 0 unspecified atom stereocenters. The molecule has 1 aliphatic heterocycles. The number of carbonyl (C=O) groups is 2. The Kier molecular flexibility index (Phi) is 6.30. The van der Waals surface area contributed by atoms with Crippen LogP contribution in [0.2, 0.25) is 0 Å². The maximum Gasteiger partial charge on any atom is 0.274 e. The lowest BCUT2D eigenvalue weighted by atomic mass is 9.72. The van der Waals surface area contributed by atoms with E-state index in [2.05, 4.69) is 5.32 Å². The summed E-state index contributed by atoms with van der Waals surface area (Å²) in [6.45, 7) is 0.0499. The molecule has 1 saturated carbocycles. The van der Waals surface area contributed by atoms with E-state index in [4.69, 9.17) is 4.74 Å². The number of hydrogen-bond acceptors (Lipinski definition) is 5. The number of fused-ring (bicyclic) bond motifs is 2. The number of ether oxygens (including phenoxy) is 1. The number of halogens is 3. The molecule has 2 heterocycles. The topological polar surface area (TPSA) is 101 Å². The quantitative estimate of drug-likeness (QED) is 0.711. The highest BCUT2D eigenvalue weighted by Crippen LogP contribution is 2.45. The number of nitrogens with one attached hydrogen (secondary N) is 1. The van der Waals surface area contributed by atoms with Crippen molar-refractivity contribution in [2.75, 3.05) is 20.7 Å². The van der Waals surface area contributed by atoms with E-state index in [0.717, 1.165) is 6.07 Å². The highest BCUT2D eigenvalue weighted by Gasteiger charge is 2.52. The number of likely N-dealkylation sites (N-methyl/N-ethyl adjacent to an activating group) is 1. The van der Waals surface area contributed by atoms with E-state index in [9.17, 15) is 28.3 Å². The number of aromatic hydroxyl groups is 1. The Bertz CT molecular complexity index is 1150. The normalized spacial score (nSPS) is 21.6. The number of amides is 2. The first-order valence-electron chi connectivity index (χ1n) is 9.66. The summed E-state index contributed by atoms with van der Waals surface area (Å²) in [5, 5.41) is 12.9. The predicted molar refractivity (Wildman–Crippen MR) is 112 cm³/mol. The van der Waals surface area contributed by atoms with E-state index in [1.54, 1.807) is 14.2 Å². The summed E-state index contributed by atoms with van der Waals surface area (Å²) in [5.74, 6) is -3.76. The van der Waals surface area contributed by atoms with Gasteiger partial charge in [0.25, 0.3) is 11.8 Å². The van der Waals surface area contributed by atoms with Crippen molar-refractivity contribution in [3.8, 4) is 5.75 Å². The van der Waals surface area contributed by atoms with Gasteiger partial charge in [0, 0.05) is 45.1 Å². The highest BCUT2D eigenvalue weighted by atomic mass is 35.5. The van der Waals surface area contributed by atoms with Crippen LogP contribution in [-0.4, -0.2) is 53.2 Å². The molecule has 1 fully saturated rings. The first-order valence-corrected chi connectivity index (χ1v) is 9.66. The molecule has 1 aliphatic carbocycles. The molecule has 0 atom stereocenters. The Labute approximate surface area is 188 Å². The molecule has 32 heavy (non-hydrogen) atoms. The fourth-order valence-corrected chi connectivity index (χ4v) is 4.33. The molecule has 11 heteroatoms. The summed E-state index contributed by atoms with van der Waals surface area (Å²) in [5.41, 5.74) is -2.12. The van der Waals surface area contributed by atoms with Crippen LogP contribution in [0.15, 0.2) is 29.2 Å². The molecular weight excluding hydrogens is 448 g/mol. The third-order valence-corrected chi connectivity index (χ3v) is 6.02. The molecule has 0 radical (unpaired) electrons. The van der Waals surface area contributed by atoms with E-state index in [-0.39, 0.29) is 41.9 Å². The van der Waals surface area contributed by atoms with E-state index in [1.165, 1.54) is 21.7 Å². The molecule has 2 aromatic rings. The number of methoxy groups -OCH3 is 1. The number of rotatable bonds is 4. The summed E-state index contributed by atoms with van der Waals surface area (Å²) in [7, 11) is 3.15. The number of pyridine rings is 1. The van der Waals surface area contributed by atoms with Crippen LogP contribution < -0.4 is 10.7 Å². The second kappa shape index (κ2) is 8.51. The Morgan fingerprint density at radius 3 is 2.62 bits per heavy atom. The molecular formula is C21H22ClF2N3O5. The zero-order chi connectivity index (χ0) is 22.5. The number of aromatic nitrogens is 1. The molecule has 8 nitrogen and oxygen atoms in total. The van der Waals surface area contributed by atoms with Crippen LogP contribution in [-0.2, 0) is 16.8 Å². The van der Waals surface area contributed by atoms with Crippen LogP contribution in [0.25, 0.3) is 0 Å². The molecule has 0 saturated heterocycles. The Balaban J connectivity index is 0.00000289. The van der Waals surface area contributed by atoms with Gasteiger partial charge < -0.3 is 24.6 Å². The van der Waals surface area contributed by atoms with E-state index >= 15 is 0 Å².